The molecule has 3 rings (SSSR count). The zero-order valence-electron chi connectivity index (χ0n) is 11.0. The second-order valence-corrected chi connectivity index (χ2v) is 4.89. The molecule has 0 unspecified atom stereocenters. The third-order valence-electron chi connectivity index (χ3n) is 3.31. The van der Waals surface area contributed by atoms with Crippen molar-refractivity contribution < 1.29 is 0 Å². The molecule has 4 nitrogen and oxygen atoms in total. The number of benzene rings is 1. The Labute approximate surface area is 111 Å². The fraction of sp³-hybridized carbons (Fsp3) is 0.200. The van der Waals surface area contributed by atoms with E-state index in [1.807, 2.05) is 35.2 Å². The normalized spacial score (nSPS) is 11.3. The Morgan fingerprint density at radius 1 is 1.16 bits per heavy atom. The Kier molecular flexibility index (Phi) is 2.71. The van der Waals surface area contributed by atoms with Gasteiger partial charge in [-0.3, -0.25) is 4.98 Å². The minimum atomic E-state index is 0.296. The number of imidazole rings is 1. The van der Waals surface area contributed by atoms with Crippen LogP contribution in [-0.2, 0) is 0 Å². The van der Waals surface area contributed by atoms with Gasteiger partial charge in [-0.05, 0) is 19.2 Å². The molecule has 2 N–H and O–H groups in total. The van der Waals surface area contributed by atoms with Gasteiger partial charge in [0.05, 0.1) is 6.33 Å². The van der Waals surface area contributed by atoms with E-state index in [4.69, 9.17) is 5.73 Å². The van der Waals surface area contributed by atoms with Gasteiger partial charge in [-0.15, -0.1) is 0 Å². The Balaban J connectivity index is 2.25. The van der Waals surface area contributed by atoms with E-state index in [9.17, 15) is 0 Å². The smallest absolute Gasteiger partial charge is 0.131 e. The first-order valence-electron chi connectivity index (χ1n) is 6.34. The number of pyridine rings is 1. The average Bonchev–Trinajstić information content (AvgIpc) is 2.80. The third kappa shape index (κ3) is 1.85. The number of nitrogen functional groups attached to an aromatic ring is 1. The van der Waals surface area contributed by atoms with Gasteiger partial charge in [0.1, 0.15) is 11.5 Å². The van der Waals surface area contributed by atoms with Crippen LogP contribution < -0.4 is 5.73 Å². The van der Waals surface area contributed by atoms with Crippen molar-refractivity contribution in [3.05, 3.63) is 43.0 Å². The zero-order valence-corrected chi connectivity index (χ0v) is 11.0. The predicted octanol–water partition coefficient (Wildman–Crippen LogP) is 3.26. The molecule has 0 radical (unpaired) electrons. The van der Waals surface area contributed by atoms with Crippen molar-refractivity contribution in [2.45, 2.75) is 19.9 Å². The van der Waals surface area contributed by atoms with E-state index in [-0.39, 0.29) is 0 Å². The standard InChI is InChI=1S/C15H16N4/c1-10(2)19-9-18-14(15(19)16)13-8-17-7-11-5-3-4-6-12(11)13/h3-10H,16H2,1-2H3. The Morgan fingerprint density at radius 3 is 2.68 bits per heavy atom. The van der Waals surface area contributed by atoms with E-state index in [0.29, 0.717) is 11.9 Å². The summed E-state index contributed by atoms with van der Waals surface area (Å²) in [6.45, 7) is 4.17. The largest absolute Gasteiger partial charge is 0.383 e. The van der Waals surface area contributed by atoms with Gasteiger partial charge in [0.25, 0.3) is 0 Å². The minimum absolute atomic E-state index is 0.296. The van der Waals surface area contributed by atoms with E-state index < -0.39 is 0 Å². The summed E-state index contributed by atoms with van der Waals surface area (Å²) < 4.78 is 1.97. The molecule has 2 aromatic heterocycles. The summed E-state index contributed by atoms with van der Waals surface area (Å²) >= 11 is 0. The highest BCUT2D eigenvalue weighted by molar-refractivity contribution is 5.96. The first-order chi connectivity index (χ1) is 9.18. The summed E-state index contributed by atoms with van der Waals surface area (Å²) in [5.41, 5.74) is 7.99. The summed E-state index contributed by atoms with van der Waals surface area (Å²) in [4.78, 5) is 8.73. The van der Waals surface area contributed by atoms with Gasteiger partial charge in [-0.25, -0.2) is 4.98 Å². The van der Waals surface area contributed by atoms with Crippen molar-refractivity contribution in [2.75, 3.05) is 5.73 Å². The fourth-order valence-corrected chi connectivity index (χ4v) is 2.29. The molecule has 96 valence electrons. The Bertz CT molecular complexity index is 723. The molecular weight excluding hydrogens is 236 g/mol. The molecule has 0 aliphatic heterocycles. The van der Waals surface area contributed by atoms with Gasteiger partial charge < -0.3 is 10.3 Å². The second kappa shape index (κ2) is 4.39. The van der Waals surface area contributed by atoms with Gasteiger partial charge in [0.2, 0.25) is 0 Å². The first kappa shape index (κ1) is 11.7. The maximum absolute atomic E-state index is 6.20. The van der Waals surface area contributed by atoms with Crippen LogP contribution >= 0.6 is 0 Å². The molecule has 2 heterocycles. The number of anilines is 1. The Hall–Kier alpha value is -2.36. The number of nitrogens with zero attached hydrogens (tertiary/aromatic N) is 3. The van der Waals surface area contributed by atoms with Crippen LogP contribution in [0, 0.1) is 0 Å². The molecule has 19 heavy (non-hydrogen) atoms. The van der Waals surface area contributed by atoms with Crippen molar-refractivity contribution in [1.82, 2.24) is 14.5 Å². The van der Waals surface area contributed by atoms with Crippen LogP contribution in [0.3, 0.4) is 0 Å². The molecule has 0 saturated carbocycles. The van der Waals surface area contributed by atoms with Crippen LogP contribution in [0.2, 0.25) is 0 Å². The maximum atomic E-state index is 6.20. The third-order valence-corrected chi connectivity index (χ3v) is 3.31. The number of hydrogen-bond acceptors (Lipinski definition) is 3. The molecule has 0 saturated heterocycles. The lowest BCUT2D eigenvalue weighted by Gasteiger charge is -2.09. The van der Waals surface area contributed by atoms with Crippen molar-refractivity contribution >= 4 is 16.6 Å². The lowest BCUT2D eigenvalue weighted by atomic mass is 10.1. The molecular formula is C15H16N4. The molecule has 0 aliphatic carbocycles. The van der Waals surface area contributed by atoms with Crippen LogP contribution in [0.5, 0.6) is 0 Å². The second-order valence-electron chi connectivity index (χ2n) is 4.89. The van der Waals surface area contributed by atoms with Crippen LogP contribution in [0.1, 0.15) is 19.9 Å². The fourth-order valence-electron chi connectivity index (χ4n) is 2.29. The summed E-state index contributed by atoms with van der Waals surface area (Å²) in [7, 11) is 0. The molecule has 4 heteroatoms. The van der Waals surface area contributed by atoms with Crippen LogP contribution in [0.4, 0.5) is 5.82 Å². The summed E-state index contributed by atoms with van der Waals surface area (Å²) in [5, 5.41) is 2.22. The minimum Gasteiger partial charge on any atom is -0.383 e. The molecule has 0 bridgehead atoms. The van der Waals surface area contributed by atoms with Crippen LogP contribution in [-0.4, -0.2) is 14.5 Å². The average molecular weight is 252 g/mol. The summed E-state index contributed by atoms with van der Waals surface area (Å²) in [6.07, 6.45) is 5.47. The Morgan fingerprint density at radius 2 is 1.95 bits per heavy atom. The van der Waals surface area contributed by atoms with Gasteiger partial charge in [0.15, 0.2) is 0 Å². The summed E-state index contributed by atoms with van der Waals surface area (Å²) in [6, 6.07) is 8.43. The predicted molar refractivity (Wildman–Crippen MR) is 77.8 cm³/mol. The van der Waals surface area contributed by atoms with E-state index in [2.05, 4.69) is 29.9 Å². The lowest BCUT2D eigenvalue weighted by molar-refractivity contribution is 0.607. The SMILES string of the molecule is CC(C)n1cnc(-c2cncc3ccccc23)c1N. The molecule has 0 aliphatic rings. The number of aromatic nitrogens is 3. The maximum Gasteiger partial charge on any atom is 0.131 e. The van der Waals surface area contributed by atoms with Crippen molar-refractivity contribution in [3.8, 4) is 11.3 Å². The van der Waals surface area contributed by atoms with E-state index in [1.165, 1.54) is 0 Å². The molecule has 0 amide bonds. The monoisotopic (exact) mass is 252 g/mol. The molecule has 0 fully saturated rings. The number of hydrogen-bond donors (Lipinski definition) is 1. The van der Waals surface area contributed by atoms with Crippen LogP contribution in [0.15, 0.2) is 43.0 Å². The van der Waals surface area contributed by atoms with Gasteiger partial charge in [-0.2, -0.15) is 0 Å². The number of nitrogens with two attached hydrogens (primary N) is 1. The van der Waals surface area contributed by atoms with Crippen molar-refractivity contribution in [1.29, 1.82) is 0 Å². The van der Waals surface area contributed by atoms with E-state index >= 15 is 0 Å². The topological polar surface area (TPSA) is 56.7 Å². The molecule has 0 atom stereocenters. The molecule has 0 spiro atoms. The number of rotatable bonds is 2. The highest BCUT2D eigenvalue weighted by Gasteiger charge is 2.14. The van der Waals surface area contributed by atoms with Gasteiger partial charge >= 0.3 is 0 Å². The highest BCUT2D eigenvalue weighted by Crippen LogP contribution is 2.31. The van der Waals surface area contributed by atoms with E-state index in [0.717, 1.165) is 22.0 Å². The van der Waals surface area contributed by atoms with Crippen molar-refractivity contribution in [2.24, 2.45) is 0 Å². The summed E-state index contributed by atoms with van der Waals surface area (Å²) in [5.74, 6) is 0.688. The molecule has 1 aromatic carbocycles. The highest BCUT2D eigenvalue weighted by atomic mass is 15.1. The van der Waals surface area contributed by atoms with Gasteiger partial charge in [0, 0.05) is 29.4 Å². The van der Waals surface area contributed by atoms with Gasteiger partial charge in [-0.1, -0.05) is 24.3 Å². The molecule has 3 aromatic rings. The first-order valence-corrected chi connectivity index (χ1v) is 6.34. The lowest BCUT2D eigenvalue weighted by Crippen LogP contribution is -2.04. The van der Waals surface area contributed by atoms with E-state index in [1.54, 1.807) is 6.33 Å². The number of fused-ring (bicyclic) bond motifs is 1. The van der Waals surface area contributed by atoms with Crippen molar-refractivity contribution in [3.63, 3.8) is 0 Å². The van der Waals surface area contributed by atoms with Crippen LogP contribution in [0.25, 0.3) is 22.0 Å². The quantitative estimate of drug-likeness (QED) is 0.761. The zero-order chi connectivity index (χ0) is 13.4.